The van der Waals surface area contributed by atoms with Gasteiger partial charge in [-0.25, -0.2) is 4.98 Å². The molecule has 1 aliphatic rings. The van der Waals surface area contributed by atoms with Crippen molar-refractivity contribution in [2.75, 3.05) is 13.1 Å². The van der Waals surface area contributed by atoms with Gasteiger partial charge in [-0.05, 0) is 51.9 Å². The predicted molar refractivity (Wildman–Crippen MR) is 93.0 cm³/mol. The van der Waals surface area contributed by atoms with Crippen LogP contribution in [0.3, 0.4) is 0 Å². The van der Waals surface area contributed by atoms with Crippen molar-refractivity contribution in [1.29, 1.82) is 0 Å². The number of benzene rings is 1. The van der Waals surface area contributed by atoms with E-state index in [1.54, 1.807) is 0 Å². The summed E-state index contributed by atoms with van der Waals surface area (Å²) < 4.78 is 2.35. The number of rotatable bonds is 4. The Bertz CT molecular complexity index is 648. The fourth-order valence-corrected chi connectivity index (χ4v) is 3.49. The van der Waals surface area contributed by atoms with E-state index < -0.39 is 0 Å². The first-order valence-electron chi connectivity index (χ1n) is 8.50. The fraction of sp³-hybridized carbons (Fsp3) is 0.526. The number of allylic oxidation sites excluding steroid dienone is 1. The van der Waals surface area contributed by atoms with Crippen LogP contribution in [-0.2, 0) is 6.54 Å². The molecular formula is C19H27N3. The molecule has 118 valence electrons. The van der Waals surface area contributed by atoms with Crippen LogP contribution >= 0.6 is 0 Å². The van der Waals surface area contributed by atoms with Gasteiger partial charge < -0.3 is 4.57 Å². The minimum atomic E-state index is 0.366. The molecule has 1 aromatic carbocycles. The quantitative estimate of drug-likeness (QED) is 0.772. The third kappa shape index (κ3) is 3.09. The highest BCUT2D eigenvalue weighted by Gasteiger charge is 2.23. The lowest BCUT2D eigenvalue weighted by molar-refractivity contribution is 0.208. The van der Waals surface area contributed by atoms with Gasteiger partial charge in [-0.15, -0.1) is 0 Å². The molecule has 2 aromatic rings. The summed E-state index contributed by atoms with van der Waals surface area (Å²) in [5.41, 5.74) is 3.50. The third-order valence-electron chi connectivity index (χ3n) is 4.67. The zero-order valence-electron chi connectivity index (χ0n) is 13.9. The number of aromatic nitrogens is 2. The SMILES string of the molecule is C=C(C)Cn1c([C@H](C)N2CCCCCC2)nc2ccccc21. The molecule has 1 aromatic heterocycles. The molecule has 2 heterocycles. The summed E-state index contributed by atoms with van der Waals surface area (Å²) in [5.74, 6) is 1.19. The van der Waals surface area contributed by atoms with Crippen molar-refractivity contribution >= 4 is 11.0 Å². The van der Waals surface area contributed by atoms with Crippen LogP contribution in [0.15, 0.2) is 36.4 Å². The summed E-state index contributed by atoms with van der Waals surface area (Å²) in [5, 5.41) is 0. The lowest BCUT2D eigenvalue weighted by Gasteiger charge is -2.27. The van der Waals surface area contributed by atoms with E-state index in [2.05, 4.69) is 54.2 Å². The largest absolute Gasteiger partial charge is 0.323 e. The van der Waals surface area contributed by atoms with E-state index in [0.29, 0.717) is 6.04 Å². The van der Waals surface area contributed by atoms with Gasteiger partial charge in [0.15, 0.2) is 0 Å². The van der Waals surface area contributed by atoms with Crippen LogP contribution in [0.25, 0.3) is 11.0 Å². The Labute approximate surface area is 133 Å². The molecule has 1 saturated heterocycles. The second-order valence-corrected chi connectivity index (χ2v) is 6.63. The minimum absolute atomic E-state index is 0.366. The Balaban J connectivity index is 1.98. The molecule has 0 saturated carbocycles. The van der Waals surface area contributed by atoms with E-state index in [4.69, 9.17) is 4.98 Å². The number of para-hydroxylation sites is 2. The first kappa shape index (κ1) is 15.3. The Morgan fingerprint density at radius 3 is 2.55 bits per heavy atom. The van der Waals surface area contributed by atoms with Gasteiger partial charge in [0.2, 0.25) is 0 Å². The van der Waals surface area contributed by atoms with Crippen LogP contribution in [-0.4, -0.2) is 27.5 Å². The monoisotopic (exact) mass is 297 g/mol. The normalized spacial score (nSPS) is 18.3. The first-order chi connectivity index (χ1) is 10.7. The molecule has 0 radical (unpaired) electrons. The maximum Gasteiger partial charge on any atom is 0.127 e. The maximum absolute atomic E-state index is 4.95. The molecule has 22 heavy (non-hydrogen) atoms. The summed E-state index contributed by atoms with van der Waals surface area (Å²) in [6, 6.07) is 8.82. The Morgan fingerprint density at radius 1 is 1.18 bits per heavy atom. The number of fused-ring (bicyclic) bond motifs is 1. The van der Waals surface area contributed by atoms with Crippen LogP contribution in [0.2, 0.25) is 0 Å². The molecule has 0 amide bonds. The van der Waals surface area contributed by atoms with Gasteiger partial charge in [0.25, 0.3) is 0 Å². The van der Waals surface area contributed by atoms with Crippen molar-refractivity contribution in [2.45, 2.75) is 52.1 Å². The second-order valence-electron chi connectivity index (χ2n) is 6.63. The number of imidazole rings is 1. The number of hydrogen-bond acceptors (Lipinski definition) is 2. The molecule has 3 nitrogen and oxygen atoms in total. The Kier molecular flexibility index (Phi) is 4.63. The van der Waals surface area contributed by atoms with Gasteiger partial charge >= 0.3 is 0 Å². The van der Waals surface area contributed by atoms with Crippen molar-refractivity contribution in [3.05, 3.63) is 42.2 Å². The molecule has 0 aliphatic carbocycles. The van der Waals surface area contributed by atoms with Gasteiger partial charge in [-0.2, -0.15) is 0 Å². The topological polar surface area (TPSA) is 21.1 Å². The van der Waals surface area contributed by atoms with E-state index in [1.165, 1.54) is 55.7 Å². The van der Waals surface area contributed by atoms with Crippen molar-refractivity contribution in [1.82, 2.24) is 14.5 Å². The van der Waals surface area contributed by atoms with Gasteiger partial charge in [-0.1, -0.05) is 37.1 Å². The number of hydrogen-bond donors (Lipinski definition) is 0. The average molecular weight is 297 g/mol. The molecule has 1 fully saturated rings. The molecule has 0 bridgehead atoms. The van der Waals surface area contributed by atoms with Crippen molar-refractivity contribution in [2.24, 2.45) is 0 Å². The van der Waals surface area contributed by atoms with Crippen molar-refractivity contribution in [3.8, 4) is 0 Å². The van der Waals surface area contributed by atoms with Gasteiger partial charge in [0, 0.05) is 6.54 Å². The van der Waals surface area contributed by atoms with Crippen LogP contribution in [0.1, 0.15) is 51.4 Å². The maximum atomic E-state index is 4.95. The van der Waals surface area contributed by atoms with Crippen LogP contribution in [0.4, 0.5) is 0 Å². The van der Waals surface area contributed by atoms with Gasteiger partial charge in [0.05, 0.1) is 17.1 Å². The summed E-state index contributed by atoms with van der Waals surface area (Å²) in [7, 11) is 0. The summed E-state index contributed by atoms with van der Waals surface area (Å²) in [4.78, 5) is 7.55. The van der Waals surface area contributed by atoms with E-state index >= 15 is 0 Å². The van der Waals surface area contributed by atoms with Crippen LogP contribution in [0, 0.1) is 0 Å². The van der Waals surface area contributed by atoms with E-state index in [9.17, 15) is 0 Å². The number of likely N-dealkylation sites (tertiary alicyclic amines) is 1. The average Bonchev–Trinajstić information content (AvgIpc) is 2.70. The van der Waals surface area contributed by atoms with E-state index in [1.807, 2.05) is 0 Å². The summed E-state index contributed by atoms with van der Waals surface area (Å²) >= 11 is 0. The number of nitrogens with zero attached hydrogens (tertiary/aromatic N) is 3. The Morgan fingerprint density at radius 2 is 1.86 bits per heavy atom. The van der Waals surface area contributed by atoms with Crippen LogP contribution < -0.4 is 0 Å². The van der Waals surface area contributed by atoms with Crippen molar-refractivity contribution in [3.63, 3.8) is 0 Å². The lowest BCUT2D eigenvalue weighted by atomic mass is 10.2. The van der Waals surface area contributed by atoms with Crippen LogP contribution in [0.5, 0.6) is 0 Å². The molecule has 0 unspecified atom stereocenters. The minimum Gasteiger partial charge on any atom is -0.323 e. The molecule has 3 rings (SSSR count). The van der Waals surface area contributed by atoms with Gasteiger partial charge in [-0.3, -0.25) is 4.90 Å². The highest BCUT2D eigenvalue weighted by Crippen LogP contribution is 2.27. The second kappa shape index (κ2) is 6.66. The fourth-order valence-electron chi connectivity index (χ4n) is 3.49. The highest BCUT2D eigenvalue weighted by atomic mass is 15.2. The molecule has 1 aliphatic heterocycles. The predicted octanol–water partition coefficient (Wildman–Crippen LogP) is 4.55. The molecule has 1 atom stereocenters. The first-order valence-corrected chi connectivity index (χ1v) is 8.50. The zero-order chi connectivity index (χ0) is 15.5. The summed E-state index contributed by atoms with van der Waals surface area (Å²) in [6.45, 7) is 11.7. The molecular weight excluding hydrogens is 270 g/mol. The lowest BCUT2D eigenvalue weighted by Crippen LogP contribution is -2.30. The molecule has 3 heteroatoms. The van der Waals surface area contributed by atoms with E-state index in [-0.39, 0.29) is 0 Å². The smallest absolute Gasteiger partial charge is 0.127 e. The van der Waals surface area contributed by atoms with Crippen molar-refractivity contribution < 1.29 is 0 Å². The van der Waals surface area contributed by atoms with Gasteiger partial charge in [0.1, 0.15) is 5.82 Å². The highest BCUT2D eigenvalue weighted by molar-refractivity contribution is 5.76. The summed E-state index contributed by atoms with van der Waals surface area (Å²) in [6.07, 6.45) is 5.35. The molecule has 0 spiro atoms. The standard InChI is InChI=1S/C19H27N3/c1-15(2)14-22-18-11-7-6-10-17(18)20-19(22)16(3)21-12-8-4-5-9-13-21/h6-7,10-11,16H,1,4-5,8-9,12-14H2,2-3H3/t16-/m0/s1. The van der Waals surface area contributed by atoms with E-state index in [0.717, 1.165) is 12.1 Å². The Hall–Kier alpha value is -1.61. The molecule has 0 N–H and O–H groups in total. The zero-order valence-corrected chi connectivity index (χ0v) is 13.9. The third-order valence-corrected chi connectivity index (χ3v) is 4.67.